The molecule has 0 aliphatic carbocycles. The molecular formula is C22H18N4OS. The maximum Gasteiger partial charge on any atom is 0.173 e. The first-order valence-electron chi connectivity index (χ1n) is 8.73. The summed E-state index contributed by atoms with van der Waals surface area (Å²) in [6, 6.07) is 19.5. The van der Waals surface area contributed by atoms with Crippen LogP contribution in [0, 0.1) is 0 Å². The van der Waals surface area contributed by atoms with E-state index in [0.717, 1.165) is 32.9 Å². The number of fused-ring (bicyclic) bond motifs is 1. The van der Waals surface area contributed by atoms with Crippen molar-refractivity contribution >= 4 is 46.6 Å². The smallest absolute Gasteiger partial charge is 0.173 e. The molecule has 28 heavy (non-hydrogen) atoms. The second-order valence-electron chi connectivity index (χ2n) is 5.94. The lowest BCUT2D eigenvalue weighted by Gasteiger charge is -2.06. The lowest BCUT2D eigenvalue weighted by atomic mass is 10.2. The van der Waals surface area contributed by atoms with Gasteiger partial charge in [-0.25, -0.2) is 9.97 Å². The van der Waals surface area contributed by atoms with Gasteiger partial charge >= 0.3 is 0 Å². The van der Waals surface area contributed by atoms with Gasteiger partial charge in [-0.15, -0.1) is 11.3 Å². The first-order valence-corrected chi connectivity index (χ1v) is 9.61. The van der Waals surface area contributed by atoms with Crippen molar-refractivity contribution < 1.29 is 4.74 Å². The number of hydrazone groups is 1. The van der Waals surface area contributed by atoms with Crippen LogP contribution in [0.3, 0.4) is 0 Å². The van der Waals surface area contributed by atoms with Gasteiger partial charge < -0.3 is 4.74 Å². The number of methoxy groups -OCH3 is 1. The van der Waals surface area contributed by atoms with Crippen LogP contribution in [0.4, 0.5) is 5.82 Å². The molecule has 5 nitrogen and oxygen atoms in total. The summed E-state index contributed by atoms with van der Waals surface area (Å²) in [5, 5.41) is 6.38. The van der Waals surface area contributed by atoms with Crippen molar-refractivity contribution in [3.8, 4) is 5.75 Å². The van der Waals surface area contributed by atoms with E-state index in [9.17, 15) is 0 Å². The predicted molar refractivity (Wildman–Crippen MR) is 117 cm³/mol. The van der Waals surface area contributed by atoms with Crippen molar-refractivity contribution in [2.75, 3.05) is 12.5 Å². The van der Waals surface area contributed by atoms with E-state index < -0.39 is 0 Å². The quantitative estimate of drug-likeness (QED) is 0.360. The van der Waals surface area contributed by atoms with E-state index in [1.807, 2.05) is 72.1 Å². The summed E-state index contributed by atoms with van der Waals surface area (Å²) >= 11 is 1.67. The Labute approximate surface area is 167 Å². The fourth-order valence-corrected chi connectivity index (χ4v) is 3.24. The van der Waals surface area contributed by atoms with Gasteiger partial charge in [0, 0.05) is 4.88 Å². The number of thiophene rings is 1. The van der Waals surface area contributed by atoms with Crippen LogP contribution >= 0.6 is 11.3 Å². The number of ether oxygens (including phenoxy) is 1. The maximum atomic E-state index is 5.17. The molecule has 2 aromatic heterocycles. The SMILES string of the molecule is COc1ccc(/C=N/Nc2nc3ccccc3nc2/C=C/c2cccs2)cc1. The molecule has 0 saturated carbocycles. The van der Waals surface area contributed by atoms with Gasteiger partial charge in [-0.2, -0.15) is 5.10 Å². The second-order valence-corrected chi connectivity index (χ2v) is 6.92. The van der Waals surface area contributed by atoms with E-state index in [1.165, 1.54) is 0 Å². The Kier molecular flexibility index (Phi) is 5.40. The first-order chi connectivity index (χ1) is 13.8. The molecule has 2 aromatic carbocycles. The zero-order valence-corrected chi connectivity index (χ0v) is 16.1. The van der Waals surface area contributed by atoms with E-state index in [4.69, 9.17) is 9.72 Å². The van der Waals surface area contributed by atoms with Crippen molar-refractivity contribution in [1.82, 2.24) is 9.97 Å². The Balaban J connectivity index is 1.61. The molecule has 0 spiro atoms. The molecule has 0 unspecified atom stereocenters. The molecule has 0 bridgehead atoms. The van der Waals surface area contributed by atoms with Gasteiger partial charge in [-0.3, -0.25) is 5.43 Å². The van der Waals surface area contributed by atoms with Crippen LogP contribution in [0.5, 0.6) is 5.75 Å². The van der Waals surface area contributed by atoms with Crippen LogP contribution in [0.1, 0.15) is 16.1 Å². The molecule has 4 aromatic rings. The van der Waals surface area contributed by atoms with E-state index in [-0.39, 0.29) is 0 Å². The van der Waals surface area contributed by atoms with E-state index in [1.54, 1.807) is 24.7 Å². The Morgan fingerprint density at radius 1 is 0.929 bits per heavy atom. The van der Waals surface area contributed by atoms with Gasteiger partial charge in [-0.1, -0.05) is 18.2 Å². The molecule has 4 rings (SSSR count). The number of rotatable bonds is 6. The summed E-state index contributed by atoms with van der Waals surface area (Å²) in [5.41, 5.74) is 6.38. The number of nitrogens with one attached hydrogen (secondary N) is 1. The van der Waals surface area contributed by atoms with Crippen molar-refractivity contribution in [2.45, 2.75) is 0 Å². The highest BCUT2D eigenvalue weighted by Gasteiger charge is 2.06. The van der Waals surface area contributed by atoms with Gasteiger partial charge in [-0.05, 0) is 65.6 Å². The Morgan fingerprint density at radius 2 is 1.71 bits per heavy atom. The summed E-state index contributed by atoms with van der Waals surface area (Å²) in [6.07, 6.45) is 5.72. The highest BCUT2D eigenvalue weighted by atomic mass is 32.1. The van der Waals surface area contributed by atoms with Crippen molar-refractivity contribution in [3.63, 3.8) is 0 Å². The molecule has 0 amide bonds. The molecule has 1 N–H and O–H groups in total. The molecule has 2 heterocycles. The largest absolute Gasteiger partial charge is 0.497 e. The van der Waals surface area contributed by atoms with Crippen LogP contribution in [0.25, 0.3) is 23.2 Å². The third kappa shape index (κ3) is 4.24. The van der Waals surface area contributed by atoms with Crippen LogP contribution in [-0.2, 0) is 0 Å². The number of benzene rings is 2. The van der Waals surface area contributed by atoms with Gasteiger partial charge in [0.2, 0.25) is 0 Å². The molecule has 138 valence electrons. The van der Waals surface area contributed by atoms with Crippen molar-refractivity contribution in [1.29, 1.82) is 0 Å². The van der Waals surface area contributed by atoms with E-state index in [0.29, 0.717) is 5.82 Å². The summed E-state index contributed by atoms with van der Waals surface area (Å²) in [4.78, 5) is 10.6. The maximum absolute atomic E-state index is 5.17. The van der Waals surface area contributed by atoms with Crippen LogP contribution in [0.15, 0.2) is 71.1 Å². The first kappa shape index (κ1) is 17.9. The third-order valence-corrected chi connectivity index (χ3v) is 4.88. The molecule has 0 aliphatic heterocycles. The summed E-state index contributed by atoms with van der Waals surface area (Å²) in [6.45, 7) is 0. The van der Waals surface area contributed by atoms with Gasteiger partial charge in [0.15, 0.2) is 5.82 Å². The zero-order chi connectivity index (χ0) is 19.2. The number of anilines is 1. The molecule has 0 atom stereocenters. The number of aromatic nitrogens is 2. The lowest BCUT2D eigenvalue weighted by Crippen LogP contribution is -1.99. The molecule has 0 radical (unpaired) electrons. The average molecular weight is 386 g/mol. The number of para-hydroxylation sites is 2. The minimum atomic E-state index is 0.608. The van der Waals surface area contributed by atoms with Gasteiger partial charge in [0.05, 0.1) is 24.4 Å². The topological polar surface area (TPSA) is 59.4 Å². The zero-order valence-electron chi connectivity index (χ0n) is 15.2. The molecular weight excluding hydrogens is 368 g/mol. The molecule has 6 heteroatoms. The fourth-order valence-electron chi connectivity index (χ4n) is 2.62. The van der Waals surface area contributed by atoms with Crippen LogP contribution in [0.2, 0.25) is 0 Å². The third-order valence-electron chi connectivity index (χ3n) is 4.05. The number of nitrogens with zero attached hydrogens (tertiary/aromatic N) is 3. The standard InChI is InChI=1S/C22H18N4OS/c1-27-17-10-8-16(9-11-17)15-23-26-22-21(13-12-18-5-4-14-28-18)24-19-6-2-3-7-20(19)25-22/h2-15H,1H3,(H,25,26)/b13-12+,23-15+. The minimum Gasteiger partial charge on any atom is -0.497 e. The van der Waals surface area contributed by atoms with Crippen LogP contribution in [-0.4, -0.2) is 23.3 Å². The Hall–Kier alpha value is -3.51. The normalized spacial score (nSPS) is 11.5. The minimum absolute atomic E-state index is 0.608. The Morgan fingerprint density at radius 3 is 2.43 bits per heavy atom. The number of hydrogen-bond donors (Lipinski definition) is 1. The van der Waals surface area contributed by atoms with Gasteiger partial charge in [0.25, 0.3) is 0 Å². The van der Waals surface area contributed by atoms with Crippen molar-refractivity contribution in [2.24, 2.45) is 5.10 Å². The average Bonchev–Trinajstić information content (AvgIpc) is 3.26. The predicted octanol–water partition coefficient (Wildman–Crippen LogP) is 5.32. The van der Waals surface area contributed by atoms with Crippen LogP contribution < -0.4 is 10.2 Å². The summed E-state index contributed by atoms with van der Waals surface area (Å²) in [7, 11) is 1.65. The Bertz CT molecular complexity index is 1120. The van der Waals surface area contributed by atoms with E-state index >= 15 is 0 Å². The summed E-state index contributed by atoms with van der Waals surface area (Å²) < 4.78 is 5.17. The van der Waals surface area contributed by atoms with E-state index in [2.05, 4.69) is 21.6 Å². The monoisotopic (exact) mass is 386 g/mol. The summed E-state index contributed by atoms with van der Waals surface area (Å²) in [5.74, 6) is 1.42. The molecule has 0 aliphatic rings. The second kappa shape index (κ2) is 8.45. The number of hydrogen-bond acceptors (Lipinski definition) is 6. The highest BCUT2D eigenvalue weighted by Crippen LogP contribution is 2.20. The lowest BCUT2D eigenvalue weighted by molar-refractivity contribution is 0.415. The fraction of sp³-hybridized carbons (Fsp3) is 0.0455. The highest BCUT2D eigenvalue weighted by molar-refractivity contribution is 7.10. The molecule has 0 fully saturated rings. The van der Waals surface area contributed by atoms with Crippen molar-refractivity contribution in [3.05, 3.63) is 82.2 Å². The molecule has 0 saturated heterocycles. The van der Waals surface area contributed by atoms with Gasteiger partial charge in [0.1, 0.15) is 11.4 Å².